The van der Waals surface area contributed by atoms with Gasteiger partial charge in [0.1, 0.15) is 10.7 Å². The molecule has 3 rings (SSSR count). The molecular formula is C17H18ClN5O3S. The summed E-state index contributed by atoms with van der Waals surface area (Å²) in [7, 11) is -0.936. The van der Waals surface area contributed by atoms with Crippen LogP contribution < -0.4 is 5.32 Å². The van der Waals surface area contributed by atoms with Crippen molar-refractivity contribution in [2.24, 2.45) is 0 Å². The van der Waals surface area contributed by atoms with Gasteiger partial charge in [-0.3, -0.25) is 9.20 Å². The lowest BCUT2D eigenvalue weighted by Gasteiger charge is -2.13. The number of fused-ring (bicyclic) bond motifs is 1. The molecule has 1 amide bonds. The number of pyridine rings is 1. The van der Waals surface area contributed by atoms with Gasteiger partial charge in [0.25, 0.3) is 5.91 Å². The Kier molecular flexibility index (Phi) is 5.45. The van der Waals surface area contributed by atoms with Gasteiger partial charge in [-0.05, 0) is 30.3 Å². The second kappa shape index (κ2) is 7.63. The highest BCUT2D eigenvalue weighted by molar-refractivity contribution is 7.89. The van der Waals surface area contributed by atoms with Crippen molar-refractivity contribution >= 4 is 33.2 Å². The lowest BCUT2D eigenvalue weighted by molar-refractivity contribution is 0.0953. The summed E-state index contributed by atoms with van der Waals surface area (Å²) in [5, 5.41) is 11.0. The summed E-state index contributed by atoms with van der Waals surface area (Å²) < 4.78 is 27.5. The third kappa shape index (κ3) is 3.95. The zero-order chi connectivity index (χ0) is 19.6. The number of hydrogen-bond acceptors (Lipinski definition) is 5. The Morgan fingerprint density at radius 1 is 1.22 bits per heavy atom. The SMILES string of the molecule is CN(C)S(=O)(=O)c1cc(C(=O)NCCc2nnc3ccccn23)ccc1Cl. The fraction of sp³-hybridized carbons (Fsp3) is 0.235. The smallest absolute Gasteiger partial charge is 0.251 e. The van der Waals surface area contributed by atoms with E-state index in [1.54, 1.807) is 0 Å². The zero-order valence-electron chi connectivity index (χ0n) is 14.8. The van der Waals surface area contributed by atoms with Gasteiger partial charge in [-0.25, -0.2) is 12.7 Å². The number of benzene rings is 1. The number of halogens is 1. The minimum atomic E-state index is -3.74. The van der Waals surface area contributed by atoms with Crippen molar-refractivity contribution in [3.05, 3.63) is 59.0 Å². The van der Waals surface area contributed by atoms with Crippen LogP contribution in [0, 0.1) is 0 Å². The molecule has 0 fully saturated rings. The first-order valence-corrected chi connectivity index (χ1v) is 9.91. The molecule has 0 bridgehead atoms. The van der Waals surface area contributed by atoms with E-state index < -0.39 is 15.9 Å². The van der Waals surface area contributed by atoms with Gasteiger partial charge in [0.15, 0.2) is 5.65 Å². The summed E-state index contributed by atoms with van der Waals surface area (Å²) in [6.45, 7) is 0.326. The van der Waals surface area contributed by atoms with Crippen molar-refractivity contribution < 1.29 is 13.2 Å². The summed E-state index contributed by atoms with van der Waals surface area (Å²) in [4.78, 5) is 12.3. The Labute approximate surface area is 161 Å². The molecule has 10 heteroatoms. The molecular weight excluding hydrogens is 390 g/mol. The molecule has 0 spiro atoms. The number of aromatic nitrogens is 3. The highest BCUT2D eigenvalue weighted by atomic mass is 35.5. The zero-order valence-corrected chi connectivity index (χ0v) is 16.3. The van der Waals surface area contributed by atoms with Gasteiger partial charge in [-0.15, -0.1) is 10.2 Å². The van der Waals surface area contributed by atoms with Crippen LogP contribution in [0.4, 0.5) is 0 Å². The Balaban J connectivity index is 1.71. The van der Waals surface area contributed by atoms with Crippen molar-refractivity contribution in [3.63, 3.8) is 0 Å². The van der Waals surface area contributed by atoms with E-state index in [9.17, 15) is 13.2 Å². The van der Waals surface area contributed by atoms with Gasteiger partial charge >= 0.3 is 0 Å². The molecule has 0 unspecified atom stereocenters. The van der Waals surface area contributed by atoms with E-state index in [-0.39, 0.29) is 15.5 Å². The predicted molar refractivity (Wildman–Crippen MR) is 101 cm³/mol. The number of rotatable bonds is 6. The van der Waals surface area contributed by atoms with E-state index in [2.05, 4.69) is 15.5 Å². The summed E-state index contributed by atoms with van der Waals surface area (Å²) in [5.74, 6) is 0.327. The van der Waals surface area contributed by atoms with E-state index >= 15 is 0 Å². The van der Waals surface area contributed by atoms with Gasteiger partial charge in [-0.1, -0.05) is 17.7 Å². The fourth-order valence-electron chi connectivity index (χ4n) is 2.49. The van der Waals surface area contributed by atoms with Crippen LogP contribution in [0.1, 0.15) is 16.2 Å². The lowest BCUT2D eigenvalue weighted by Crippen LogP contribution is -2.27. The lowest BCUT2D eigenvalue weighted by atomic mass is 10.2. The molecule has 0 saturated carbocycles. The topological polar surface area (TPSA) is 96.7 Å². The molecule has 2 aromatic heterocycles. The number of amides is 1. The minimum Gasteiger partial charge on any atom is -0.352 e. The number of sulfonamides is 1. The van der Waals surface area contributed by atoms with Gasteiger partial charge in [0, 0.05) is 38.8 Å². The Morgan fingerprint density at radius 2 is 2.00 bits per heavy atom. The molecule has 142 valence electrons. The van der Waals surface area contributed by atoms with Crippen LogP contribution in [0.25, 0.3) is 5.65 Å². The van der Waals surface area contributed by atoms with E-state index in [0.29, 0.717) is 13.0 Å². The molecule has 0 saturated heterocycles. The van der Waals surface area contributed by atoms with Crippen molar-refractivity contribution in [2.75, 3.05) is 20.6 Å². The number of nitrogens with zero attached hydrogens (tertiary/aromatic N) is 4. The quantitative estimate of drug-likeness (QED) is 0.669. The van der Waals surface area contributed by atoms with Crippen LogP contribution in [-0.4, -0.2) is 53.9 Å². The molecule has 27 heavy (non-hydrogen) atoms. The maximum absolute atomic E-state index is 12.4. The number of carbonyl (C=O) groups excluding carboxylic acids is 1. The number of nitrogens with one attached hydrogen (secondary N) is 1. The van der Waals surface area contributed by atoms with Gasteiger partial charge in [-0.2, -0.15) is 0 Å². The predicted octanol–water partition coefficient (Wildman–Crippen LogP) is 1.61. The normalized spacial score (nSPS) is 11.9. The first-order valence-electron chi connectivity index (χ1n) is 8.09. The summed E-state index contributed by atoms with van der Waals surface area (Å²) in [5.41, 5.74) is 0.945. The summed E-state index contributed by atoms with van der Waals surface area (Å²) >= 11 is 6.00. The Bertz CT molecular complexity index is 1090. The second-order valence-electron chi connectivity index (χ2n) is 5.98. The third-order valence-corrected chi connectivity index (χ3v) is 6.27. The maximum atomic E-state index is 12.4. The molecule has 3 aromatic rings. The summed E-state index contributed by atoms with van der Waals surface area (Å²) in [6.07, 6.45) is 2.33. The minimum absolute atomic E-state index is 0.0650. The highest BCUT2D eigenvalue weighted by Gasteiger charge is 2.22. The van der Waals surface area contributed by atoms with Crippen LogP contribution in [0.3, 0.4) is 0 Å². The molecule has 0 radical (unpaired) electrons. The van der Waals surface area contributed by atoms with E-state index in [1.165, 1.54) is 32.3 Å². The molecule has 2 heterocycles. The van der Waals surface area contributed by atoms with Crippen LogP contribution >= 0.6 is 11.6 Å². The number of carbonyl (C=O) groups is 1. The highest BCUT2D eigenvalue weighted by Crippen LogP contribution is 2.24. The average molecular weight is 408 g/mol. The Morgan fingerprint density at radius 3 is 2.74 bits per heavy atom. The van der Waals surface area contributed by atoms with Crippen LogP contribution in [0.15, 0.2) is 47.5 Å². The summed E-state index contributed by atoms with van der Waals surface area (Å²) in [6, 6.07) is 9.75. The maximum Gasteiger partial charge on any atom is 0.251 e. The van der Waals surface area contributed by atoms with Crippen molar-refractivity contribution in [2.45, 2.75) is 11.3 Å². The van der Waals surface area contributed by atoms with Crippen LogP contribution in [0.5, 0.6) is 0 Å². The largest absolute Gasteiger partial charge is 0.352 e. The van der Waals surface area contributed by atoms with Crippen molar-refractivity contribution in [1.29, 1.82) is 0 Å². The monoisotopic (exact) mass is 407 g/mol. The van der Waals surface area contributed by atoms with E-state index in [1.807, 2.05) is 28.8 Å². The van der Waals surface area contributed by atoms with Gasteiger partial charge < -0.3 is 5.32 Å². The van der Waals surface area contributed by atoms with Crippen LogP contribution in [-0.2, 0) is 16.4 Å². The molecule has 0 aliphatic carbocycles. The van der Waals surface area contributed by atoms with E-state index in [4.69, 9.17) is 11.6 Å². The van der Waals surface area contributed by atoms with Gasteiger partial charge in [0.2, 0.25) is 10.0 Å². The molecule has 0 aliphatic heterocycles. The van der Waals surface area contributed by atoms with Crippen molar-refractivity contribution in [3.8, 4) is 0 Å². The van der Waals surface area contributed by atoms with Gasteiger partial charge in [0.05, 0.1) is 5.02 Å². The first-order chi connectivity index (χ1) is 12.8. The van der Waals surface area contributed by atoms with Crippen molar-refractivity contribution in [1.82, 2.24) is 24.2 Å². The molecule has 8 nitrogen and oxygen atoms in total. The molecule has 0 aliphatic rings. The first kappa shape index (κ1) is 19.3. The third-order valence-electron chi connectivity index (χ3n) is 3.97. The average Bonchev–Trinajstić information content (AvgIpc) is 3.05. The molecule has 0 atom stereocenters. The van der Waals surface area contributed by atoms with E-state index in [0.717, 1.165) is 15.8 Å². The molecule has 1 aromatic carbocycles. The Hall–Kier alpha value is -2.49. The van der Waals surface area contributed by atoms with Crippen LogP contribution in [0.2, 0.25) is 5.02 Å². The molecule has 1 N–H and O–H groups in total. The number of hydrogen-bond donors (Lipinski definition) is 1. The second-order valence-corrected chi connectivity index (χ2v) is 8.51. The standard InChI is InChI=1S/C17H18ClN5O3S/c1-22(2)27(25,26)14-11-12(6-7-13(14)18)17(24)19-9-8-16-21-20-15-5-3-4-10-23(15)16/h3-7,10-11H,8-9H2,1-2H3,(H,19,24). The fourth-order valence-corrected chi connectivity index (χ4v) is 3.88.